The lowest BCUT2D eigenvalue weighted by molar-refractivity contribution is -0.136. The second kappa shape index (κ2) is 6.16. The number of aryl methyl sites for hydroxylation is 1. The van der Waals surface area contributed by atoms with Gasteiger partial charge in [0, 0.05) is 5.30 Å². The van der Waals surface area contributed by atoms with Crippen LogP contribution in [0.5, 0.6) is 5.75 Å². The molecular formula is C18H20F3OP. The van der Waals surface area contributed by atoms with Gasteiger partial charge in [0.1, 0.15) is 5.75 Å². The second-order valence-electron chi connectivity index (χ2n) is 6.61. The molecule has 1 unspecified atom stereocenters. The van der Waals surface area contributed by atoms with Crippen molar-refractivity contribution in [2.75, 3.05) is 0 Å². The van der Waals surface area contributed by atoms with Gasteiger partial charge >= 0.3 is 6.18 Å². The Kier molecular flexibility index (Phi) is 4.77. The third-order valence-corrected chi connectivity index (χ3v) is 5.02. The van der Waals surface area contributed by atoms with Crippen LogP contribution in [-0.4, -0.2) is 5.11 Å². The quantitative estimate of drug-likeness (QED) is 0.789. The first kappa shape index (κ1) is 17.8. The summed E-state index contributed by atoms with van der Waals surface area (Å²) >= 11 is 0. The highest BCUT2D eigenvalue weighted by Crippen LogP contribution is 2.34. The molecule has 0 spiro atoms. The van der Waals surface area contributed by atoms with Crippen molar-refractivity contribution in [3.8, 4) is 5.75 Å². The van der Waals surface area contributed by atoms with Gasteiger partial charge in [0.2, 0.25) is 0 Å². The summed E-state index contributed by atoms with van der Waals surface area (Å²) in [6.45, 7) is 7.88. The fourth-order valence-electron chi connectivity index (χ4n) is 2.29. The molecule has 23 heavy (non-hydrogen) atoms. The summed E-state index contributed by atoms with van der Waals surface area (Å²) in [5.74, 6) is 0.0771. The Morgan fingerprint density at radius 1 is 0.957 bits per heavy atom. The number of halogens is 3. The summed E-state index contributed by atoms with van der Waals surface area (Å²) in [5, 5.41) is 11.0. The molecular weight excluding hydrogens is 320 g/mol. The first-order chi connectivity index (χ1) is 10.5. The highest BCUT2D eigenvalue weighted by atomic mass is 31.1. The van der Waals surface area contributed by atoms with Crippen molar-refractivity contribution in [2.24, 2.45) is 0 Å². The van der Waals surface area contributed by atoms with Crippen molar-refractivity contribution in [3.63, 3.8) is 0 Å². The highest BCUT2D eigenvalue weighted by Gasteiger charge is 2.33. The van der Waals surface area contributed by atoms with Gasteiger partial charge < -0.3 is 5.11 Å². The number of hydrogen-bond donors (Lipinski definition) is 1. The molecule has 2 aromatic rings. The number of phenols is 1. The van der Waals surface area contributed by atoms with E-state index in [0.29, 0.717) is 10.9 Å². The van der Waals surface area contributed by atoms with Crippen LogP contribution in [0.15, 0.2) is 36.4 Å². The van der Waals surface area contributed by atoms with E-state index in [1.807, 2.05) is 32.9 Å². The van der Waals surface area contributed by atoms with Crippen molar-refractivity contribution < 1.29 is 18.3 Å². The van der Waals surface area contributed by atoms with Gasteiger partial charge in [0.05, 0.1) is 5.56 Å². The minimum absolute atomic E-state index is 0.0771. The molecule has 0 bridgehead atoms. The number of benzene rings is 2. The molecule has 124 valence electrons. The third-order valence-electron chi connectivity index (χ3n) is 3.67. The van der Waals surface area contributed by atoms with Gasteiger partial charge in [-0.2, -0.15) is 13.2 Å². The standard InChI is InChI=1S/C18H20F3OP/c1-11-9-12(17(2,3)4)10-15(16(11)22)23-14-8-6-5-7-13(14)18(19,20)21/h5-10,22-23H,1-4H3. The van der Waals surface area contributed by atoms with E-state index in [-0.39, 0.29) is 25.0 Å². The molecule has 1 N–H and O–H groups in total. The minimum Gasteiger partial charge on any atom is -0.507 e. The molecule has 0 fully saturated rings. The van der Waals surface area contributed by atoms with E-state index in [0.717, 1.165) is 11.6 Å². The van der Waals surface area contributed by atoms with Crippen LogP contribution >= 0.6 is 8.58 Å². The Morgan fingerprint density at radius 3 is 2.13 bits per heavy atom. The molecule has 0 aromatic heterocycles. The molecule has 1 atom stereocenters. The van der Waals surface area contributed by atoms with Crippen LogP contribution in [0.4, 0.5) is 13.2 Å². The predicted octanol–water partition coefficient (Wildman–Crippen LogP) is 4.65. The molecule has 0 aliphatic rings. The molecule has 0 saturated heterocycles. The highest BCUT2D eigenvalue weighted by molar-refractivity contribution is 7.55. The maximum atomic E-state index is 13.1. The number of rotatable bonds is 2. The van der Waals surface area contributed by atoms with Gasteiger partial charge in [-0.05, 0) is 40.9 Å². The Hall–Kier alpha value is -1.54. The number of hydrogen-bond acceptors (Lipinski definition) is 1. The van der Waals surface area contributed by atoms with Gasteiger partial charge in [0.15, 0.2) is 0 Å². The summed E-state index contributed by atoms with van der Waals surface area (Å²) in [5.41, 5.74) is 0.905. The van der Waals surface area contributed by atoms with Crippen LogP contribution in [0.25, 0.3) is 0 Å². The zero-order chi connectivity index (χ0) is 17.4. The molecule has 1 nitrogen and oxygen atoms in total. The first-order valence-electron chi connectivity index (χ1n) is 7.27. The van der Waals surface area contributed by atoms with Crippen LogP contribution in [-0.2, 0) is 11.6 Å². The summed E-state index contributed by atoms with van der Waals surface area (Å²) in [6, 6.07) is 9.23. The fraction of sp³-hybridized carbons (Fsp3) is 0.333. The number of aromatic hydroxyl groups is 1. The van der Waals surface area contributed by atoms with E-state index in [1.54, 1.807) is 13.0 Å². The van der Waals surface area contributed by atoms with Crippen LogP contribution in [0, 0.1) is 6.92 Å². The topological polar surface area (TPSA) is 20.2 Å². The third kappa shape index (κ3) is 4.06. The SMILES string of the molecule is Cc1cc(C(C)(C)C)cc(Pc2ccccc2C(F)(F)F)c1O. The molecule has 0 aliphatic carbocycles. The normalized spacial score (nSPS) is 13.0. The number of alkyl halides is 3. The average molecular weight is 340 g/mol. The van der Waals surface area contributed by atoms with E-state index in [1.165, 1.54) is 12.1 Å². The van der Waals surface area contributed by atoms with Gasteiger partial charge in [-0.1, -0.05) is 53.6 Å². The van der Waals surface area contributed by atoms with E-state index >= 15 is 0 Å². The van der Waals surface area contributed by atoms with Crippen molar-refractivity contribution in [2.45, 2.75) is 39.3 Å². The fourth-order valence-corrected chi connectivity index (χ4v) is 3.66. The zero-order valence-electron chi connectivity index (χ0n) is 13.5. The maximum absolute atomic E-state index is 13.1. The molecule has 0 radical (unpaired) electrons. The molecule has 5 heteroatoms. The van der Waals surface area contributed by atoms with Crippen LogP contribution in [0.1, 0.15) is 37.5 Å². The monoisotopic (exact) mass is 340 g/mol. The predicted molar refractivity (Wildman–Crippen MR) is 90.6 cm³/mol. The molecule has 0 saturated carbocycles. The number of phenolic OH excluding ortho intramolecular Hbond substituents is 1. The zero-order valence-corrected chi connectivity index (χ0v) is 14.5. The lowest BCUT2D eigenvalue weighted by Gasteiger charge is -2.22. The smallest absolute Gasteiger partial charge is 0.417 e. The average Bonchev–Trinajstić information content (AvgIpc) is 2.42. The van der Waals surface area contributed by atoms with E-state index in [2.05, 4.69) is 0 Å². The van der Waals surface area contributed by atoms with Gasteiger partial charge in [-0.25, -0.2) is 0 Å². The minimum atomic E-state index is -4.39. The lowest BCUT2D eigenvalue weighted by atomic mass is 9.86. The summed E-state index contributed by atoms with van der Waals surface area (Å²) in [4.78, 5) is 0. The van der Waals surface area contributed by atoms with E-state index < -0.39 is 11.7 Å². The molecule has 0 aliphatic heterocycles. The lowest BCUT2D eigenvalue weighted by Crippen LogP contribution is -2.19. The largest absolute Gasteiger partial charge is 0.507 e. The van der Waals surface area contributed by atoms with Crippen LogP contribution in [0.2, 0.25) is 0 Å². The second-order valence-corrected chi connectivity index (χ2v) is 7.94. The van der Waals surface area contributed by atoms with E-state index in [4.69, 9.17) is 0 Å². The molecule has 0 heterocycles. The molecule has 2 rings (SSSR count). The molecule has 0 amide bonds. The van der Waals surface area contributed by atoms with Crippen LogP contribution in [0.3, 0.4) is 0 Å². The van der Waals surface area contributed by atoms with Gasteiger partial charge in [0.25, 0.3) is 0 Å². The van der Waals surface area contributed by atoms with Crippen molar-refractivity contribution in [3.05, 3.63) is 53.1 Å². The van der Waals surface area contributed by atoms with E-state index in [9.17, 15) is 18.3 Å². The Balaban J connectivity index is 2.52. The van der Waals surface area contributed by atoms with Crippen molar-refractivity contribution >= 4 is 19.2 Å². The van der Waals surface area contributed by atoms with Crippen molar-refractivity contribution in [1.29, 1.82) is 0 Å². The van der Waals surface area contributed by atoms with Crippen LogP contribution < -0.4 is 10.6 Å². The Labute approximate surface area is 136 Å². The van der Waals surface area contributed by atoms with Gasteiger partial charge in [-0.15, -0.1) is 0 Å². The molecule has 2 aromatic carbocycles. The van der Waals surface area contributed by atoms with Gasteiger partial charge in [-0.3, -0.25) is 0 Å². The maximum Gasteiger partial charge on any atom is 0.417 e. The van der Waals surface area contributed by atoms with Crippen molar-refractivity contribution in [1.82, 2.24) is 0 Å². The summed E-state index contributed by atoms with van der Waals surface area (Å²) in [7, 11) is -0.250. The first-order valence-corrected chi connectivity index (χ1v) is 8.27. The Bertz CT molecular complexity index is 715. The summed E-state index contributed by atoms with van der Waals surface area (Å²) in [6.07, 6.45) is -4.39. The Morgan fingerprint density at radius 2 is 1.57 bits per heavy atom. The summed E-state index contributed by atoms with van der Waals surface area (Å²) < 4.78 is 39.4.